The molecule has 2 N–H and O–H groups in total. The standard InChI is InChI=1S/C21H23N5O2/c1-15-7-9-16(10-8-15)20-23-21(25-24-20)18-13-22-11-12-26(18)19(27)14-28-17-5-3-2-4-6-17/h2-10,18,22H,11-14H2,1H3,(H,23,24,25). The van der Waals surface area contributed by atoms with Crippen LogP contribution in [0.2, 0.25) is 0 Å². The molecule has 1 aromatic heterocycles. The second-order valence-corrected chi connectivity index (χ2v) is 6.82. The molecule has 3 aromatic rings. The summed E-state index contributed by atoms with van der Waals surface area (Å²) in [6.45, 7) is 4.01. The summed E-state index contributed by atoms with van der Waals surface area (Å²) in [5.41, 5.74) is 2.13. The van der Waals surface area contributed by atoms with Crippen molar-refractivity contribution in [2.24, 2.45) is 0 Å². The number of piperazine rings is 1. The van der Waals surface area contributed by atoms with Crippen molar-refractivity contribution in [1.82, 2.24) is 25.4 Å². The van der Waals surface area contributed by atoms with Gasteiger partial charge in [0.05, 0.1) is 0 Å². The lowest BCUT2D eigenvalue weighted by atomic mass is 10.1. The first-order valence-electron chi connectivity index (χ1n) is 9.38. The van der Waals surface area contributed by atoms with Gasteiger partial charge in [0.15, 0.2) is 12.4 Å². The number of aryl methyl sites for hydroxylation is 1. The van der Waals surface area contributed by atoms with E-state index in [9.17, 15) is 4.79 Å². The van der Waals surface area contributed by atoms with Crippen LogP contribution >= 0.6 is 0 Å². The number of nitrogens with zero attached hydrogens (tertiary/aromatic N) is 3. The number of para-hydroxylation sites is 1. The summed E-state index contributed by atoms with van der Waals surface area (Å²) in [6.07, 6.45) is 0. The third-order valence-electron chi connectivity index (χ3n) is 4.80. The van der Waals surface area contributed by atoms with Crippen molar-refractivity contribution < 1.29 is 9.53 Å². The summed E-state index contributed by atoms with van der Waals surface area (Å²) in [6, 6.07) is 17.2. The van der Waals surface area contributed by atoms with E-state index in [1.807, 2.05) is 61.5 Å². The van der Waals surface area contributed by atoms with E-state index in [1.54, 1.807) is 4.90 Å². The van der Waals surface area contributed by atoms with Crippen molar-refractivity contribution in [2.45, 2.75) is 13.0 Å². The van der Waals surface area contributed by atoms with Gasteiger partial charge in [0.25, 0.3) is 5.91 Å². The largest absolute Gasteiger partial charge is 0.484 e. The molecule has 1 aliphatic rings. The van der Waals surface area contributed by atoms with E-state index in [1.165, 1.54) is 5.56 Å². The van der Waals surface area contributed by atoms with Crippen LogP contribution in [0, 0.1) is 6.92 Å². The minimum atomic E-state index is -0.202. The zero-order valence-corrected chi connectivity index (χ0v) is 15.8. The summed E-state index contributed by atoms with van der Waals surface area (Å²) in [4.78, 5) is 19.2. The summed E-state index contributed by atoms with van der Waals surface area (Å²) in [7, 11) is 0. The van der Waals surface area contributed by atoms with E-state index >= 15 is 0 Å². The molecule has 7 nitrogen and oxygen atoms in total. The Bertz CT molecular complexity index is 923. The number of H-pyrrole nitrogens is 1. The minimum Gasteiger partial charge on any atom is -0.484 e. The molecule has 0 saturated carbocycles. The molecule has 28 heavy (non-hydrogen) atoms. The van der Waals surface area contributed by atoms with E-state index in [4.69, 9.17) is 4.74 Å². The first-order chi connectivity index (χ1) is 13.7. The molecule has 2 aromatic carbocycles. The molecule has 0 radical (unpaired) electrons. The summed E-state index contributed by atoms with van der Waals surface area (Å²) in [5.74, 6) is 1.93. The molecule has 1 fully saturated rings. The molecule has 0 bridgehead atoms. The molecular weight excluding hydrogens is 354 g/mol. The predicted molar refractivity (Wildman–Crippen MR) is 106 cm³/mol. The van der Waals surface area contributed by atoms with Gasteiger partial charge in [-0.25, -0.2) is 4.98 Å². The Morgan fingerprint density at radius 3 is 2.75 bits per heavy atom. The van der Waals surface area contributed by atoms with Crippen molar-refractivity contribution in [3.63, 3.8) is 0 Å². The van der Waals surface area contributed by atoms with Crippen molar-refractivity contribution in [1.29, 1.82) is 0 Å². The maximum atomic E-state index is 12.8. The van der Waals surface area contributed by atoms with Crippen molar-refractivity contribution >= 4 is 5.91 Å². The number of benzene rings is 2. The van der Waals surface area contributed by atoms with Gasteiger partial charge < -0.3 is 15.0 Å². The zero-order chi connectivity index (χ0) is 19.3. The smallest absolute Gasteiger partial charge is 0.261 e. The highest BCUT2D eigenvalue weighted by Crippen LogP contribution is 2.23. The molecule has 4 rings (SSSR count). The van der Waals surface area contributed by atoms with Crippen molar-refractivity contribution in [3.8, 4) is 17.1 Å². The fourth-order valence-electron chi connectivity index (χ4n) is 3.25. The van der Waals surface area contributed by atoms with Gasteiger partial charge in [0.2, 0.25) is 0 Å². The van der Waals surface area contributed by atoms with E-state index in [0.29, 0.717) is 30.5 Å². The van der Waals surface area contributed by atoms with Crippen LogP contribution in [0.15, 0.2) is 54.6 Å². The van der Waals surface area contributed by atoms with Gasteiger partial charge in [0, 0.05) is 25.2 Å². The van der Waals surface area contributed by atoms with Crippen LogP contribution in [-0.2, 0) is 4.79 Å². The Morgan fingerprint density at radius 2 is 1.96 bits per heavy atom. The molecule has 1 aliphatic heterocycles. The topological polar surface area (TPSA) is 83.1 Å². The number of aromatic amines is 1. The summed E-state index contributed by atoms with van der Waals surface area (Å²) in [5, 5.41) is 10.7. The third-order valence-corrected chi connectivity index (χ3v) is 4.80. The number of carbonyl (C=O) groups is 1. The minimum absolute atomic E-state index is 0.000526. The van der Waals surface area contributed by atoms with Gasteiger partial charge >= 0.3 is 0 Å². The SMILES string of the molecule is Cc1ccc(-c2n[nH]c(C3CNCCN3C(=O)COc3ccccc3)n2)cc1. The molecule has 1 atom stereocenters. The molecule has 2 heterocycles. The Kier molecular flexibility index (Phi) is 5.34. The van der Waals surface area contributed by atoms with E-state index in [0.717, 1.165) is 12.1 Å². The zero-order valence-electron chi connectivity index (χ0n) is 15.8. The molecule has 7 heteroatoms. The monoisotopic (exact) mass is 377 g/mol. The number of ether oxygens (including phenoxy) is 1. The average Bonchev–Trinajstić information content (AvgIpc) is 3.23. The number of hydrogen-bond donors (Lipinski definition) is 2. The third kappa shape index (κ3) is 4.04. The summed E-state index contributed by atoms with van der Waals surface area (Å²) < 4.78 is 5.63. The maximum Gasteiger partial charge on any atom is 0.261 e. The average molecular weight is 377 g/mol. The fraction of sp³-hybridized carbons (Fsp3) is 0.286. The first kappa shape index (κ1) is 18.2. The van der Waals surface area contributed by atoms with E-state index in [-0.39, 0.29) is 18.6 Å². The lowest BCUT2D eigenvalue weighted by Gasteiger charge is -2.34. The maximum absolute atomic E-state index is 12.8. The highest BCUT2D eigenvalue weighted by molar-refractivity contribution is 5.78. The molecule has 1 unspecified atom stereocenters. The Balaban J connectivity index is 1.47. The fourth-order valence-corrected chi connectivity index (χ4v) is 3.25. The quantitative estimate of drug-likeness (QED) is 0.713. The van der Waals surface area contributed by atoms with E-state index in [2.05, 4.69) is 20.5 Å². The van der Waals surface area contributed by atoms with Crippen LogP contribution in [0.5, 0.6) is 5.75 Å². The van der Waals surface area contributed by atoms with Gasteiger partial charge in [-0.2, -0.15) is 5.10 Å². The molecule has 0 spiro atoms. The molecular formula is C21H23N5O2. The normalized spacial score (nSPS) is 16.8. The van der Waals surface area contributed by atoms with Crippen LogP contribution < -0.4 is 10.1 Å². The molecule has 0 aliphatic carbocycles. The van der Waals surface area contributed by atoms with Gasteiger partial charge in [0.1, 0.15) is 17.6 Å². The Labute approximate surface area is 163 Å². The number of aromatic nitrogens is 3. The number of amides is 1. The lowest BCUT2D eigenvalue weighted by molar-refractivity contribution is -0.137. The predicted octanol–water partition coefficient (Wildman–Crippen LogP) is 2.33. The Hall–Kier alpha value is -3.19. The van der Waals surface area contributed by atoms with Gasteiger partial charge in [-0.15, -0.1) is 0 Å². The van der Waals surface area contributed by atoms with Crippen LogP contribution in [0.25, 0.3) is 11.4 Å². The second-order valence-electron chi connectivity index (χ2n) is 6.82. The van der Waals surface area contributed by atoms with Crippen molar-refractivity contribution in [2.75, 3.05) is 26.2 Å². The van der Waals surface area contributed by atoms with Gasteiger partial charge in [-0.05, 0) is 19.1 Å². The van der Waals surface area contributed by atoms with Gasteiger partial charge in [-0.1, -0.05) is 48.0 Å². The molecule has 1 amide bonds. The first-order valence-corrected chi connectivity index (χ1v) is 9.38. The summed E-state index contributed by atoms with van der Waals surface area (Å²) >= 11 is 0. The molecule has 1 saturated heterocycles. The van der Waals surface area contributed by atoms with Crippen LogP contribution in [0.3, 0.4) is 0 Å². The molecule has 144 valence electrons. The van der Waals surface area contributed by atoms with Crippen LogP contribution in [0.4, 0.5) is 0 Å². The Morgan fingerprint density at radius 1 is 1.18 bits per heavy atom. The number of hydrogen-bond acceptors (Lipinski definition) is 5. The van der Waals surface area contributed by atoms with Gasteiger partial charge in [-0.3, -0.25) is 9.89 Å². The second kappa shape index (κ2) is 8.22. The highest BCUT2D eigenvalue weighted by Gasteiger charge is 2.30. The van der Waals surface area contributed by atoms with Crippen LogP contribution in [0.1, 0.15) is 17.4 Å². The lowest BCUT2D eigenvalue weighted by Crippen LogP contribution is -2.50. The number of nitrogens with one attached hydrogen (secondary N) is 2. The van der Waals surface area contributed by atoms with Crippen molar-refractivity contribution in [3.05, 3.63) is 66.0 Å². The number of carbonyl (C=O) groups excluding carboxylic acids is 1. The van der Waals surface area contributed by atoms with E-state index < -0.39 is 0 Å². The highest BCUT2D eigenvalue weighted by atomic mass is 16.5. The van der Waals surface area contributed by atoms with Crippen LogP contribution in [-0.4, -0.2) is 52.2 Å². The number of rotatable bonds is 5.